The van der Waals surface area contributed by atoms with Crippen LogP contribution in [0.3, 0.4) is 0 Å². The summed E-state index contributed by atoms with van der Waals surface area (Å²) < 4.78 is 37.4. The molecule has 0 aliphatic carbocycles. The minimum absolute atomic E-state index is 0.0499. The molecule has 2 heterocycles. The Balaban J connectivity index is 2.03. The third kappa shape index (κ3) is 4.67. The van der Waals surface area contributed by atoms with Crippen molar-refractivity contribution in [3.8, 4) is 0 Å². The van der Waals surface area contributed by atoms with Gasteiger partial charge in [0.15, 0.2) is 0 Å². The third-order valence-corrected chi connectivity index (χ3v) is 3.67. The fourth-order valence-electron chi connectivity index (χ4n) is 2.50. The van der Waals surface area contributed by atoms with E-state index in [4.69, 9.17) is 0 Å². The van der Waals surface area contributed by atoms with Crippen LogP contribution in [0.25, 0.3) is 0 Å². The molecule has 1 aliphatic heterocycles. The zero-order valence-corrected chi connectivity index (χ0v) is 12.7. The van der Waals surface area contributed by atoms with E-state index < -0.39 is 30.6 Å². The summed E-state index contributed by atoms with van der Waals surface area (Å²) in [4.78, 5) is 28.9. The summed E-state index contributed by atoms with van der Waals surface area (Å²) in [7, 11) is 0. The van der Waals surface area contributed by atoms with Crippen LogP contribution in [0.1, 0.15) is 35.8 Å². The smallest absolute Gasteiger partial charge is 0.339 e. The summed E-state index contributed by atoms with van der Waals surface area (Å²) in [6.07, 6.45) is -1.49. The Morgan fingerprint density at radius 1 is 1.48 bits per heavy atom. The van der Waals surface area contributed by atoms with Crippen LogP contribution in [0.5, 0.6) is 0 Å². The number of rotatable bonds is 4. The summed E-state index contributed by atoms with van der Waals surface area (Å²) in [6.45, 7) is 0.687. The molecule has 0 spiro atoms. The van der Waals surface area contributed by atoms with Crippen molar-refractivity contribution in [2.75, 3.05) is 13.1 Å². The fourth-order valence-corrected chi connectivity index (χ4v) is 2.50. The van der Waals surface area contributed by atoms with Gasteiger partial charge in [-0.05, 0) is 37.0 Å². The number of nitrogens with zero attached hydrogens (tertiary/aromatic N) is 2. The quantitative estimate of drug-likeness (QED) is 0.918. The van der Waals surface area contributed by atoms with Crippen LogP contribution in [0, 0.1) is 0 Å². The molecule has 1 fully saturated rings. The van der Waals surface area contributed by atoms with E-state index in [0.29, 0.717) is 12.8 Å². The number of piperidine rings is 1. The lowest BCUT2D eigenvalue weighted by Gasteiger charge is -2.33. The first-order valence-corrected chi connectivity index (χ1v) is 7.41. The molecule has 1 N–H and O–H groups in total. The largest absolute Gasteiger partial charge is 0.406 e. The second kappa shape index (κ2) is 6.97. The highest BCUT2D eigenvalue weighted by molar-refractivity contribution is 5.96. The molecule has 0 saturated carbocycles. The number of hydrogen-bond donors (Lipinski definition) is 1. The average Bonchev–Trinajstić information content (AvgIpc) is 2.50. The minimum Gasteiger partial charge on any atom is -0.339 e. The monoisotopic (exact) mass is 329 g/mol. The first-order valence-electron chi connectivity index (χ1n) is 7.41. The number of nitrogens with one attached hydrogen (secondary N) is 1. The van der Waals surface area contributed by atoms with Gasteiger partial charge in [-0.2, -0.15) is 13.2 Å². The molecule has 0 aromatic carbocycles. The van der Waals surface area contributed by atoms with Gasteiger partial charge in [0.25, 0.3) is 5.91 Å². The zero-order valence-electron chi connectivity index (χ0n) is 12.7. The molecule has 23 heavy (non-hydrogen) atoms. The first kappa shape index (κ1) is 17.2. The summed E-state index contributed by atoms with van der Waals surface area (Å²) in [6, 6.07) is 2.44. The molecule has 126 valence electrons. The van der Waals surface area contributed by atoms with Crippen molar-refractivity contribution in [1.29, 1.82) is 0 Å². The van der Waals surface area contributed by atoms with Gasteiger partial charge in [-0.25, -0.2) is 0 Å². The Bertz CT molecular complexity index is 590. The molecule has 1 atom stereocenters. The van der Waals surface area contributed by atoms with Crippen LogP contribution in [0.4, 0.5) is 13.2 Å². The lowest BCUT2D eigenvalue weighted by molar-refractivity contribution is -0.164. The van der Waals surface area contributed by atoms with E-state index in [-0.39, 0.29) is 12.2 Å². The molecule has 1 unspecified atom stereocenters. The van der Waals surface area contributed by atoms with Crippen LogP contribution in [-0.2, 0) is 11.2 Å². The lowest BCUT2D eigenvalue weighted by Crippen LogP contribution is -2.54. The number of aromatic nitrogens is 1. The van der Waals surface area contributed by atoms with E-state index in [2.05, 4.69) is 10.3 Å². The van der Waals surface area contributed by atoms with Crippen molar-refractivity contribution in [2.45, 2.75) is 38.4 Å². The lowest BCUT2D eigenvalue weighted by atomic mass is 10.0. The standard InChI is InChI=1S/C15H18F3N3O2/c1-2-10-5-6-19-12(8-10)13(22)20-11-4-3-7-21(14(11)23)9-15(16,17)18/h5-6,8,11H,2-4,7,9H2,1H3,(H,20,22). The number of likely N-dealkylation sites (tertiary alicyclic amines) is 1. The molecule has 2 amide bonds. The number of carbonyl (C=O) groups is 2. The molecule has 0 radical (unpaired) electrons. The van der Waals surface area contributed by atoms with Crippen LogP contribution >= 0.6 is 0 Å². The first-order chi connectivity index (χ1) is 10.8. The minimum atomic E-state index is -4.45. The Kier molecular flexibility index (Phi) is 5.23. The Morgan fingerprint density at radius 2 is 2.22 bits per heavy atom. The van der Waals surface area contributed by atoms with Crippen LogP contribution in [-0.4, -0.2) is 47.0 Å². The summed E-state index contributed by atoms with van der Waals surface area (Å²) in [5.41, 5.74) is 1.07. The van der Waals surface area contributed by atoms with Gasteiger partial charge in [0.1, 0.15) is 18.3 Å². The Morgan fingerprint density at radius 3 is 2.87 bits per heavy atom. The maximum atomic E-state index is 12.5. The van der Waals surface area contributed by atoms with Crippen molar-refractivity contribution in [1.82, 2.24) is 15.2 Å². The van der Waals surface area contributed by atoms with E-state index in [1.807, 2.05) is 6.92 Å². The molecule has 1 aliphatic rings. The molecule has 2 rings (SSSR count). The topological polar surface area (TPSA) is 62.3 Å². The third-order valence-electron chi connectivity index (χ3n) is 3.67. The van der Waals surface area contributed by atoms with Gasteiger partial charge >= 0.3 is 6.18 Å². The highest BCUT2D eigenvalue weighted by Gasteiger charge is 2.37. The zero-order chi connectivity index (χ0) is 17.0. The molecular weight excluding hydrogens is 311 g/mol. The number of aryl methyl sites for hydroxylation is 1. The number of halogens is 3. The predicted molar refractivity (Wildman–Crippen MR) is 76.7 cm³/mol. The SMILES string of the molecule is CCc1ccnc(C(=O)NC2CCCN(CC(F)(F)F)C2=O)c1. The van der Waals surface area contributed by atoms with Crippen molar-refractivity contribution in [3.05, 3.63) is 29.6 Å². The van der Waals surface area contributed by atoms with Gasteiger partial charge in [0, 0.05) is 12.7 Å². The van der Waals surface area contributed by atoms with Gasteiger partial charge in [-0.3, -0.25) is 14.6 Å². The van der Waals surface area contributed by atoms with E-state index in [1.165, 1.54) is 6.20 Å². The highest BCUT2D eigenvalue weighted by atomic mass is 19.4. The Hall–Kier alpha value is -2.12. The van der Waals surface area contributed by atoms with E-state index in [9.17, 15) is 22.8 Å². The van der Waals surface area contributed by atoms with Gasteiger partial charge in [0.05, 0.1) is 0 Å². The number of carbonyl (C=O) groups excluding carboxylic acids is 2. The summed E-state index contributed by atoms with van der Waals surface area (Å²) in [5, 5.41) is 2.49. The number of hydrogen-bond acceptors (Lipinski definition) is 3. The fraction of sp³-hybridized carbons (Fsp3) is 0.533. The van der Waals surface area contributed by atoms with Gasteiger partial charge in [0.2, 0.25) is 5.91 Å². The number of alkyl halides is 3. The van der Waals surface area contributed by atoms with E-state index in [1.54, 1.807) is 12.1 Å². The molecule has 5 nitrogen and oxygen atoms in total. The molecule has 1 aromatic rings. The summed E-state index contributed by atoms with van der Waals surface area (Å²) in [5.74, 6) is -1.25. The number of pyridine rings is 1. The van der Waals surface area contributed by atoms with Crippen LogP contribution in [0.15, 0.2) is 18.3 Å². The molecule has 0 bridgehead atoms. The van der Waals surface area contributed by atoms with Crippen molar-refractivity contribution < 1.29 is 22.8 Å². The Labute approximate surface area is 131 Å². The maximum Gasteiger partial charge on any atom is 0.406 e. The van der Waals surface area contributed by atoms with Crippen molar-refractivity contribution >= 4 is 11.8 Å². The second-order valence-corrected chi connectivity index (χ2v) is 5.45. The van der Waals surface area contributed by atoms with Gasteiger partial charge in [-0.1, -0.05) is 6.92 Å². The van der Waals surface area contributed by atoms with E-state index in [0.717, 1.165) is 16.9 Å². The molecule has 1 aromatic heterocycles. The normalized spacial score (nSPS) is 18.9. The predicted octanol–water partition coefficient (Wildman–Crippen LogP) is 1.93. The van der Waals surface area contributed by atoms with Gasteiger partial charge < -0.3 is 10.2 Å². The molecular formula is C15H18F3N3O2. The highest BCUT2D eigenvalue weighted by Crippen LogP contribution is 2.20. The molecule has 1 saturated heterocycles. The van der Waals surface area contributed by atoms with E-state index >= 15 is 0 Å². The van der Waals surface area contributed by atoms with Crippen LogP contribution in [0.2, 0.25) is 0 Å². The maximum absolute atomic E-state index is 12.5. The second-order valence-electron chi connectivity index (χ2n) is 5.45. The van der Waals surface area contributed by atoms with Gasteiger partial charge in [-0.15, -0.1) is 0 Å². The van der Waals surface area contributed by atoms with Crippen molar-refractivity contribution in [3.63, 3.8) is 0 Å². The average molecular weight is 329 g/mol. The van der Waals surface area contributed by atoms with Crippen LogP contribution < -0.4 is 5.32 Å². The van der Waals surface area contributed by atoms with Crippen molar-refractivity contribution in [2.24, 2.45) is 0 Å². The molecule has 8 heteroatoms. The number of amides is 2. The summed E-state index contributed by atoms with van der Waals surface area (Å²) >= 11 is 0.